The third-order valence-electron chi connectivity index (χ3n) is 3.81. The summed E-state index contributed by atoms with van der Waals surface area (Å²) in [6.07, 6.45) is 0.871. The van der Waals surface area contributed by atoms with Gasteiger partial charge >= 0.3 is 6.03 Å². The van der Waals surface area contributed by atoms with Crippen LogP contribution >= 0.6 is 0 Å². The van der Waals surface area contributed by atoms with Gasteiger partial charge in [0.2, 0.25) is 5.91 Å². The Labute approximate surface area is 153 Å². The first-order chi connectivity index (χ1) is 12.6. The fourth-order valence-electron chi connectivity index (χ4n) is 2.37. The zero-order chi connectivity index (χ0) is 18.8. The third kappa shape index (κ3) is 6.57. The Morgan fingerprint density at radius 2 is 1.77 bits per heavy atom. The molecule has 0 radical (unpaired) electrons. The monoisotopic (exact) mass is 355 g/mol. The molecule has 0 bridgehead atoms. The molecule has 0 aromatic heterocycles. The number of carbonyl (C=O) groups excluding carboxylic acids is 2. The number of nitrogens with one attached hydrogen (secondary N) is 3. The first-order valence-electron chi connectivity index (χ1n) is 8.58. The average molecular weight is 355 g/mol. The van der Waals surface area contributed by atoms with Crippen LogP contribution in [-0.2, 0) is 22.6 Å². The molecule has 0 heterocycles. The van der Waals surface area contributed by atoms with Crippen molar-refractivity contribution < 1.29 is 14.3 Å². The van der Waals surface area contributed by atoms with E-state index in [4.69, 9.17) is 4.74 Å². The van der Waals surface area contributed by atoms with Crippen LogP contribution < -0.4 is 16.0 Å². The van der Waals surface area contributed by atoms with Crippen LogP contribution in [0.2, 0.25) is 0 Å². The summed E-state index contributed by atoms with van der Waals surface area (Å²) in [5.74, 6) is -0.395. The highest BCUT2D eigenvalue weighted by Gasteiger charge is 2.14. The third-order valence-corrected chi connectivity index (χ3v) is 3.81. The molecule has 0 aliphatic carbocycles. The summed E-state index contributed by atoms with van der Waals surface area (Å²) >= 11 is 0. The van der Waals surface area contributed by atoms with Crippen molar-refractivity contribution in [1.82, 2.24) is 10.6 Å². The van der Waals surface area contributed by atoms with Gasteiger partial charge in [-0.15, -0.1) is 0 Å². The summed E-state index contributed by atoms with van der Waals surface area (Å²) in [6.45, 7) is 2.84. The normalized spacial score (nSPS) is 11.5. The van der Waals surface area contributed by atoms with E-state index in [9.17, 15) is 9.59 Å². The standard InChI is InChI=1S/C20H25N3O3/c1-15(19(24)23-20(25)21-2)22-18-10-6-9-17(13-18)14-26-12-11-16-7-4-3-5-8-16/h3-10,13,15,22H,11-12,14H2,1-2H3,(H2,21,23,24,25). The average Bonchev–Trinajstić information content (AvgIpc) is 2.66. The van der Waals surface area contributed by atoms with Gasteiger partial charge < -0.3 is 15.4 Å². The molecule has 0 saturated heterocycles. The van der Waals surface area contributed by atoms with Crippen LogP contribution in [0.4, 0.5) is 10.5 Å². The summed E-state index contributed by atoms with van der Waals surface area (Å²) in [4.78, 5) is 23.1. The number of carbonyl (C=O) groups is 2. The van der Waals surface area contributed by atoms with E-state index in [1.165, 1.54) is 12.6 Å². The second kappa shape index (κ2) is 10.2. The number of ether oxygens (including phenoxy) is 1. The summed E-state index contributed by atoms with van der Waals surface area (Å²) in [5.41, 5.74) is 3.06. The van der Waals surface area contributed by atoms with Gasteiger partial charge in [-0.25, -0.2) is 4.79 Å². The fourth-order valence-corrected chi connectivity index (χ4v) is 2.37. The molecule has 6 heteroatoms. The highest BCUT2D eigenvalue weighted by molar-refractivity contribution is 5.97. The molecule has 3 N–H and O–H groups in total. The number of hydrogen-bond acceptors (Lipinski definition) is 4. The molecule has 2 aromatic rings. The maximum absolute atomic E-state index is 11.9. The highest BCUT2D eigenvalue weighted by atomic mass is 16.5. The van der Waals surface area contributed by atoms with Gasteiger partial charge in [0.25, 0.3) is 0 Å². The Morgan fingerprint density at radius 1 is 1.04 bits per heavy atom. The van der Waals surface area contributed by atoms with Crippen molar-refractivity contribution in [3.8, 4) is 0 Å². The Bertz CT molecular complexity index is 719. The number of urea groups is 1. The van der Waals surface area contributed by atoms with Crippen LogP contribution in [0.1, 0.15) is 18.1 Å². The zero-order valence-electron chi connectivity index (χ0n) is 15.1. The van der Waals surface area contributed by atoms with Crippen molar-refractivity contribution >= 4 is 17.6 Å². The lowest BCUT2D eigenvalue weighted by Crippen LogP contribution is -2.44. The molecule has 2 rings (SSSR count). The Balaban J connectivity index is 1.79. The van der Waals surface area contributed by atoms with E-state index in [0.717, 1.165) is 17.7 Å². The number of amides is 3. The molecule has 0 spiro atoms. The van der Waals surface area contributed by atoms with Gasteiger partial charge in [-0.2, -0.15) is 0 Å². The zero-order valence-corrected chi connectivity index (χ0v) is 15.1. The topological polar surface area (TPSA) is 79.5 Å². The van der Waals surface area contributed by atoms with Crippen LogP contribution in [0.25, 0.3) is 0 Å². The molecule has 0 aliphatic rings. The fraction of sp³-hybridized carbons (Fsp3) is 0.300. The molecule has 6 nitrogen and oxygen atoms in total. The van der Waals surface area contributed by atoms with Crippen molar-refractivity contribution in [3.05, 3.63) is 65.7 Å². The summed E-state index contributed by atoms with van der Waals surface area (Å²) in [6, 6.07) is 16.8. The summed E-state index contributed by atoms with van der Waals surface area (Å²) < 4.78 is 5.74. The number of anilines is 1. The van der Waals surface area contributed by atoms with Gasteiger partial charge in [0.05, 0.1) is 13.2 Å². The van der Waals surface area contributed by atoms with E-state index in [2.05, 4.69) is 28.1 Å². The quantitative estimate of drug-likeness (QED) is 0.636. The molecule has 2 aromatic carbocycles. The maximum atomic E-state index is 11.9. The van der Waals surface area contributed by atoms with Gasteiger partial charge in [-0.1, -0.05) is 42.5 Å². The molecule has 0 aliphatic heterocycles. The second-order valence-corrected chi connectivity index (χ2v) is 5.92. The highest BCUT2D eigenvalue weighted by Crippen LogP contribution is 2.13. The second-order valence-electron chi connectivity index (χ2n) is 5.92. The molecule has 0 fully saturated rings. The Hall–Kier alpha value is -2.86. The summed E-state index contributed by atoms with van der Waals surface area (Å²) in [5, 5.41) is 7.67. The first kappa shape index (κ1) is 19.5. The molecular weight excluding hydrogens is 330 g/mol. The van der Waals surface area contributed by atoms with Crippen LogP contribution in [0, 0.1) is 0 Å². The van der Waals surface area contributed by atoms with Crippen molar-refractivity contribution in [1.29, 1.82) is 0 Å². The molecule has 1 unspecified atom stereocenters. The van der Waals surface area contributed by atoms with Crippen LogP contribution in [0.15, 0.2) is 54.6 Å². The maximum Gasteiger partial charge on any atom is 0.321 e. The minimum Gasteiger partial charge on any atom is -0.376 e. The van der Waals surface area contributed by atoms with E-state index in [1.54, 1.807) is 6.92 Å². The van der Waals surface area contributed by atoms with Crippen LogP contribution in [0.3, 0.4) is 0 Å². The summed E-state index contributed by atoms with van der Waals surface area (Å²) in [7, 11) is 1.46. The lowest BCUT2D eigenvalue weighted by atomic mass is 10.1. The van der Waals surface area contributed by atoms with Gasteiger partial charge in [-0.05, 0) is 36.6 Å². The van der Waals surface area contributed by atoms with Crippen LogP contribution in [-0.4, -0.2) is 31.6 Å². The van der Waals surface area contributed by atoms with Gasteiger partial charge in [0.1, 0.15) is 6.04 Å². The molecule has 0 saturated carbocycles. The van der Waals surface area contributed by atoms with Gasteiger partial charge in [0.15, 0.2) is 0 Å². The van der Waals surface area contributed by atoms with Gasteiger partial charge in [0, 0.05) is 12.7 Å². The van der Waals surface area contributed by atoms with E-state index in [-0.39, 0.29) is 0 Å². The van der Waals surface area contributed by atoms with E-state index >= 15 is 0 Å². The minimum atomic E-state index is -0.540. The largest absolute Gasteiger partial charge is 0.376 e. The number of hydrogen-bond donors (Lipinski definition) is 3. The van der Waals surface area contributed by atoms with E-state index in [0.29, 0.717) is 13.2 Å². The lowest BCUT2D eigenvalue weighted by Gasteiger charge is -2.15. The molecule has 138 valence electrons. The van der Waals surface area contributed by atoms with Crippen molar-refractivity contribution in [2.45, 2.75) is 26.0 Å². The molecule has 1 atom stereocenters. The first-order valence-corrected chi connectivity index (χ1v) is 8.58. The van der Waals surface area contributed by atoms with Crippen molar-refractivity contribution in [2.24, 2.45) is 0 Å². The molecule has 3 amide bonds. The SMILES string of the molecule is CNC(=O)NC(=O)C(C)Nc1cccc(COCCc2ccccc2)c1. The lowest BCUT2D eigenvalue weighted by molar-refractivity contribution is -0.120. The van der Waals surface area contributed by atoms with Crippen LogP contribution in [0.5, 0.6) is 0 Å². The molecule has 26 heavy (non-hydrogen) atoms. The minimum absolute atomic E-state index is 0.395. The van der Waals surface area contributed by atoms with Crippen molar-refractivity contribution in [2.75, 3.05) is 19.0 Å². The van der Waals surface area contributed by atoms with E-state index < -0.39 is 18.0 Å². The number of benzene rings is 2. The smallest absolute Gasteiger partial charge is 0.321 e. The predicted octanol–water partition coefficient (Wildman–Crippen LogP) is 2.70. The molecular formula is C20H25N3O3. The number of imide groups is 1. The van der Waals surface area contributed by atoms with Gasteiger partial charge in [-0.3, -0.25) is 10.1 Å². The predicted molar refractivity (Wildman–Crippen MR) is 102 cm³/mol. The Morgan fingerprint density at radius 3 is 2.50 bits per heavy atom. The van der Waals surface area contributed by atoms with Crippen molar-refractivity contribution in [3.63, 3.8) is 0 Å². The Kier molecular flexibility index (Phi) is 7.64. The number of rotatable bonds is 8. The van der Waals surface area contributed by atoms with E-state index in [1.807, 2.05) is 42.5 Å².